The zero-order chi connectivity index (χ0) is 20.3. The molecule has 0 saturated heterocycles. The molecule has 0 saturated carbocycles. The lowest BCUT2D eigenvalue weighted by atomic mass is 10.2. The van der Waals surface area contributed by atoms with E-state index in [9.17, 15) is 23.2 Å². The highest BCUT2D eigenvalue weighted by molar-refractivity contribution is 7.14. The van der Waals surface area contributed by atoms with E-state index < -0.39 is 24.8 Å². The predicted molar refractivity (Wildman–Crippen MR) is 94.9 cm³/mol. The smallest absolute Gasteiger partial charge is 0.456 e. The standard InChI is InChI=1S/C18H15F2NO6S/c1-10-2-6-15(28-10)12(22)4-7-17(24)25-9-16(23)21-11-3-5-13-14(8-11)27-18(19,20)26-13/h2-3,5-6,8H,4,7,9H2,1H3,(H,21,23). The van der Waals surface area contributed by atoms with Crippen molar-refractivity contribution in [3.8, 4) is 11.5 Å². The van der Waals surface area contributed by atoms with Gasteiger partial charge in [0.1, 0.15) is 0 Å². The fraction of sp³-hybridized carbons (Fsp3) is 0.278. The number of benzene rings is 1. The highest BCUT2D eigenvalue weighted by Gasteiger charge is 2.43. The number of aryl methyl sites for hydroxylation is 1. The van der Waals surface area contributed by atoms with Gasteiger partial charge in [-0.1, -0.05) is 0 Å². The Bertz CT molecular complexity index is 927. The number of rotatable bonds is 7. The fourth-order valence-electron chi connectivity index (χ4n) is 2.37. The number of halogens is 2. The number of ketones is 1. The minimum absolute atomic E-state index is 0.0171. The van der Waals surface area contributed by atoms with Crippen LogP contribution in [0.25, 0.3) is 0 Å². The van der Waals surface area contributed by atoms with Gasteiger partial charge in [0.2, 0.25) is 0 Å². The van der Waals surface area contributed by atoms with Crippen molar-refractivity contribution in [1.82, 2.24) is 0 Å². The lowest BCUT2D eigenvalue weighted by molar-refractivity contribution is -0.286. The number of esters is 1. The van der Waals surface area contributed by atoms with Gasteiger partial charge in [0.25, 0.3) is 5.91 Å². The molecular weight excluding hydrogens is 396 g/mol. The Labute approximate surface area is 162 Å². The van der Waals surface area contributed by atoms with E-state index in [-0.39, 0.29) is 35.8 Å². The number of carbonyl (C=O) groups is 3. The second kappa shape index (κ2) is 7.93. The average molecular weight is 411 g/mol. The maximum atomic E-state index is 13.0. The summed E-state index contributed by atoms with van der Waals surface area (Å²) < 4.78 is 39.3. The summed E-state index contributed by atoms with van der Waals surface area (Å²) in [5.41, 5.74) is 0.171. The molecular formula is C18H15F2NO6S. The number of thiophene rings is 1. The van der Waals surface area contributed by atoms with Crippen molar-refractivity contribution >= 4 is 34.7 Å². The van der Waals surface area contributed by atoms with Gasteiger partial charge >= 0.3 is 12.3 Å². The van der Waals surface area contributed by atoms with E-state index in [1.165, 1.54) is 23.5 Å². The number of anilines is 1. The molecule has 0 bridgehead atoms. The molecule has 10 heteroatoms. The van der Waals surface area contributed by atoms with Crippen LogP contribution in [0.2, 0.25) is 0 Å². The van der Waals surface area contributed by atoms with Gasteiger partial charge in [0, 0.05) is 23.1 Å². The summed E-state index contributed by atoms with van der Waals surface area (Å²) in [4.78, 5) is 37.0. The number of fused-ring (bicyclic) bond motifs is 1. The molecule has 7 nitrogen and oxygen atoms in total. The lowest BCUT2D eigenvalue weighted by Crippen LogP contribution is -2.25. The SMILES string of the molecule is Cc1ccc(C(=O)CCC(=O)OCC(=O)Nc2ccc3c(c2)OC(F)(F)O3)s1. The summed E-state index contributed by atoms with van der Waals surface area (Å²) >= 11 is 1.34. The number of nitrogens with one attached hydrogen (secondary N) is 1. The molecule has 1 N–H and O–H groups in total. The summed E-state index contributed by atoms with van der Waals surface area (Å²) in [5, 5.41) is 2.39. The molecule has 3 rings (SSSR count). The minimum Gasteiger partial charge on any atom is -0.456 e. The normalized spacial score (nSPS) is 13.8. The summed E-state index contributed by atoms with van der Waals surface area (Å²) in [6, 6.07) is 7.23. The van der Waals surface area contributed by atoms with Crippen LogP contribution >= 0.6 is 11.3 Å². The van der Waals surface area contributed by atoms with Crippen molar-refractivity contribution in [2.75, 3.05) is 11.9 Å². The molecule has 0 spiro atoms. The first-order valence-electron chi connectivity index (χ1n) is 8.17. The third kappa shape index (κ3) is 5.03. The first kappa shape index (κ1) is 19.7. The van der Waals surface area contributed by atoms with Crippen LogP contribution in [0.3, 0.4) is 0 Å². The molecule has 1 aromatic heterocycles. The molecule has 1 amide bonds. The number of Topliss-reactive ketones (excluding diaryl/α,β-unsaturated/α-hetero) is 1. The lowest BCUT2D eigenvalue weighted by Gasteiger charge is -2.07. The maximum Gasteiger partial charge on any atom is 0.586 e. The zero-order valence-electron chi connectivity index (χ0n) is 14.6. The van der Waals surface area contributed by atoms with Crippen LogP contribution in [0.4, 0.5) is 14.5 Å². The maximum absolute atomic E-state index is 13.0. The second-order valence-corrected chi connectivity index (χ2v) is 7.16. The van der Waals surface area contributed by atoms with Crippen molar-refractivity contribution in [2.24, 2.45) is 0 Å². The highest BCUT2D eigenvalue weighted by atomic mass is 32.1. The number of alkyl halides is 2. The summed E-state index contributed by atoms with van der Waals surface area (Å²) in [6.45, 7) is 1.30. The Morgan fingerprint density at radius 1 is 1.11 bits per heavy atom. The average Bonchev–Trinajstić information content (AvgIpc) is 3.18. The van der Waals surface area contributed by atoms with Crippen LogP contribution in [-0.2, 0) is 14.3 Å². The first-order chi connectivity index (χ1) is 13.2. The first-order valence-corrected chi connectivity index (χ1v) is 8.98. The Morgan fingerprint density at radius 3 is 2.57 bits per heavy atom. The van der Waals surface area contributed by atoms with E-state index in [0.29, 0.717) is 4.88 Å². The molecule has 0 fully saturated rings. The van der Waals surface area contributed by atoms with Gasteiger partial charge in [-0.05, 0) is 31.2 Å². The van der Waals surface area contributed by atoms with Gasteiger partial charge in [-0.25, -0.2) is 0 Å². The number of amides is 1. The van der Waals surface area contributed by atoms with Crippen LogP contribution in [0, 0.1) is 6.92 Å². The highest BCUT2D eigenvalue weighted by Crippen LogP contribution is 2.42. The van der Waals surface area contributed by atoms with Crippen LogP contribution in [0.5, 0.6) is 11.5 Å². The summed E-state index contributed by atoms with van der Waals surface area (Å²) in [5.74, 6) is -1.90. The van der Waals surface area contributed by atoms with Gasteiger partial charge < -0.3 is 19.5 Å². The van der Waals surface area contributed by atoms with Crippen LogP contribution in [0.1, 0.15) is 27.4 Å². The quantitative estimate of drug-likeness (QED) is 0.554. The minimum atomic E-state index is -3.75. The second-order valence-electron chi connectivity index (χ2n) is 5.87. The number of hydrogen-bond donors (Lipinski definition) is 1. The van der Waals surface area contributed by atoms with Gasteiger partial charge in [-0.3, -0.25) is 14.4 Å². The molecule has 2 heterocycles. The Balaban J connectivity index is 1.42. The molecule has 0 atom stereocenters. The van der Waals surface area contributed by atoms with Crippen LogP contribution in [0.15, 0.2) is 30.3 Å². The van der Waals surface area contributed by atoms with Crippen LogP contribution < -0.4 is 14.8 Å². The fourth-order valence-corrected chi connectivity index (χ4v) is 3.20. The van der Waals surface area contributed by atoms with Crippen molar-refractivity contribution in [2.45, 2.75) is 26.1 Å². The van der Waals surface area contributed by atoms with E-state index in [4.69, 9.17) is 4.74 Å². The van der Waals surface area contributed by atoms with Gasteiger partial charge in [-0.15, -0.1) is 20.1 Å². The topological polar surface area (TPSA) is 90.9 Å². The monoisotopic (exact) mass is 411 g/mol. The number of ether oxygens (including phenoxy) is 3. The van der Waals surface area contributed by atoms with E-state index in [1.807, 2.05) is 13.0 Å². The van der Waals surface area contributed by atoms with E-state index in [2.05, 4.69) is 14.8 Å². The van der Waals surface area contributed by atoms with Crippen molar-refractivity contribution < 1.29 is 37.4 Å². The van der Waals surface area contributed by atoms with Crippen molar-refractivity contribution in [3.05, 3.63) is 40.1 Å². The van der Waals surface area contributed by atoms with E-state index in [1.54, 1.807) is 6.07 Å². The van der Waals surface area contributed by atoms with Crippen molar-refractivity contribution in [3.63, 3.8) is 0 Å². The Morgan fingerprint density at radius 2 is 1.86 bits per heavy atom. The zero-order valence-corrected chi connectivity index (χ0v) is 15.4. The molecule has 1 aromatic carbocycles. The third-order valence-corrected chi connectivity index (χ3v) is 4.66. The molecule has 0 radical (unpaired) electrons. The molecule has 1 aliphatic heterocycles. The molecule has 1 aliphatic rings. The largest absolute Gasteiger partial charge is 0.586 e. The van der Waals surface area contributed by atoms with Gasteiger partial charge in [0.15, 0.2) is 23.9 Å². The molecule has 28 heavy (non-hydrogen) atoms. The van der Waals surface area contributed by atoms with Crippen LogP contribution in [-0.4, -0.2) is 30.6 Å². The Hall–Kier alpha value is -3.01. The van der Waals surface area contributed by atoms with Crippen molar-refractivity contribution in [1.29, 1.82) is 0 Å². The van der Waals surface area contributed by atoms with Gasteiger partial charge in [0.05, 0.1) is 11.3 Å². The van der Waals surface area contributed by atoms with E-state index in [0.717, 1.165) is 10.9 Å². The molecule has 2 aromatic rings. The molecule has 0 unspecified atom stereocenters. The molecule has 148 valence electrons. The molecule has 0 aliphatic carbocycles. The van der Waals surface area contributed by atoms with Gasteiger partial charge in [-0.2, -0.15) is 0 Å². The predicted octanol–water partition coefficient (Wildman–Crippen LogP) is 3.52. The van der Waals surface area contributed by atoms with E-state index >= 15 is 0 Å². The number of carbonyl (C=O) groups excluding carboxylic acids is 3. The third-order valence-electron chi connectivity index (χ3n) is 3.62. The Kier molecular flexibility index (Phi) is 5.59. The summed E-state index contributed by atoms with van der Waals surface area (Å²) in [6.07, 6.45) is -3.92. The summed E-state index contributed by atoms with van der Waals surface area (Å²) in [7, 11) is 0. The number of hydrogen-bond acceptors (Lipinski definition) is 7.